The van der Waals surface area contributed by atoms with Gasteiger partial charge in [-0.05, 0) is 20.8 Å². The monoisotopic (exact) mass is 302 g/mol. The van der Waals surface area contributed by atoms with Crippen LogP contribution in [-0.4, -0.2) is 66.6 Å². The molecule has 0 aromatic carbocycles. The van der Waals surface area contributed by atoms with Crippen LogP contribution in [0, 0.1) is 0 Å². The largest absolute Gasteiger partial charge is 0.465 e. The van der Waals surface area contributed by atoms with Gasteiger partial charge in [0.15, 0.2) is 0 Å². The molecule has 1 fully saturated rings. The molecule has 1 heterocycles. The van der Waals surface area contributed by atoms with Crippen molar-refractivity contribution in [3.05, 3.63) is 0 Å². The van der Waals surface area contributed by atoms with Crippen LogP contribution >= 0.6 is 0 Å². The van der Waals surface area contributed by atoms with E-state index in [1.807, 2.05) is 5.32 Å². The Morgan fingerprint density at radius 3 is 2.86 bits per heavy atom. The number of morpholine rings is 1. The van der Waals surface area contributed by atoms with Gasteiger partial charge < -0.3 is 19.9 Å². The van der Waals surface area contributed by atoms with Gasteiger partial charge in [-0.3, -0.25) is 10.3 Å². The van der Waals surface area contributed by atoms with E-state index in [9.17, 15) is 9.59 Å². The second-order valence-corrected chi connectivity index (χ2v) is 5.48. The van der Waals surface area contributed by atoms with Crippen molar-refractivity contribution >= 4 is 18.5 Å². The maximum atomic E-state index is 11.5. The molecule has 1 unspecified atom stereocenters. The first-order chi connectivity index (χ1) is 9.76. The SMILES string of the molecule is CC(C)(C)OC(=O)NCC1CN(N=CNC(=O)O)CCO1. The molecule has 3 N–H and O–H groups in total. The number of nitrogens with zero attached hydrogens (tertiary/aromatic N) is 2. The van der Waals surface area contributed by atoms with E-state index in [4.69, 9.17) is 14.6 Å². The fraction of sp³-hybridized carbons (Fsp3) is 0.750. The summed E-state index contributed by atoms with van der Waals surface area (Å²) in [6.07, 6.45) is -0.797. The van der Waals surface area contributed by atoms with Crippen LogP contribution in [0.15, 0.2) is 5.10 Å². The first-order valence-electron chi connectivity index (χ1n) is 6.61. The van der Waals surface area contributed by atoms with Crippen LogP contribution in [0.1, 0.15) is 20.8 Å². The summed E-state index contributed by atoms with van der Waals surface area (Å²) in [5.41, 5.74) is -0.545. The highest BCUT2D eigenvalue weighted by molar-refractivity contribution is 5.80. The van der Waals surface area contributed by atoms with E-state index in [0.717, 1.165) is 6.34 Å². The zero-order valence-corrected chi connectivity index (χ0v) is 12.5. The number of nitrogens with one attached hydrogen (secondary N) is 2. The summed E-state index contributed by atoms with van der Waals surface area (Å²) in [6.45, 7) is 7.12. The van der Waals surface area contributed by atoms with Crippen molar-refractivity contribution in [2.75, 3.05) is 26.2 Å². The number of rotatable bonds is 4. The Bertz CT molecular complexity index is 394. The maximum Gasteiger partial charge on any atom is 0.409 e. The Morgan fingerprint density at radius 1 is 1.52 bits per heavy atom. The van der Waals surface area contributed by atoms with Crippen molar-refractivity contribution in [2.45, 2.75) is 32.5 Å². The fourth-order valence-electron chi connectivity index (χ4n) is 1.61. The zero-order chi connectivity index (χ0) is 15.9. The van der Waals surface area contributed by atoms with E-state index < -0.39 is 17.8 Å². The molecule has 0 aliphatic carbocycles. The summed E-state index contributed by atoms with van der Waals surface area (Å²) in [4.78, 5) is 21.8. The predicted octanol–water partition coefficient (Wildman–Crippen LogP) is 0.423. The van der Waals surface area contributed by atoms with Gasteiger partial charge in [0.1, 0.15) is 11.9 Å². The Morgan fingerprint density at radius 2 is 2.24 bits per heavy atom. The van der Waals surface area contributed by atoms with Gasteiger partial charge in [0.05, 0.1) is 25.8 Å². The molecular formula is C12H22N4O5. The van der Waals surface area contributed by atoms with Crippen molar-refractivity contribution in [1.29, 1.82) is 0 Å². The predicted molar refractivity (Wildman–Crippen MR) is 75.2 cm³/mol. The zero-order valence-electron chi connectivity index (χ0n) is 12.5. The molecule has 0 spiro atoms. The molecule has 1 atom stereocenters. The number of alkyl carbamates (subject to hydrolysis) is 1. The van der Waals surface area contributed by atoms with Crippen molar-refractivity contribution in [3.8, 4) is 0 Å². The van der Waals surface area contributed by atoms with Gasteiger partial charge in [-0.2, -0.15) is 5.10 Å². The van der Waals surface area contributed by atoms with Gasteiger partial charge >= 0.3 is 12.2 Å². The van der Waals surface area contributed by atoms with Crippen LogP contribution in [0.4, 0.5) is 9.59 Å². The van der Waals surface area contributed by atoms with Crippen LogP contribution < -0.4 is 10.6 Å². The van der Waals surface area contributed by atoms with Gasteiger partial charge in [-0.25, -0.2) is 9.59 Å². The topological polar surface area (TPSA) is 112 Å². The molecule has 2 amide bonds. The average molecular weight is 302 g/mol. The second kappa shape index (κ2) is 7.67. The quantitative estimate of drug-likeness (QED) is 0.512. The molecule has 0 radical (unpaired) electrons. The van der Waals surface area contributed by atoms with Crippen molar-refractivity contribution in [2.24, 2.45) is 5.10 Å². The minimum atomic E-state index is -1.17. The lowest BCUT2D eigenvalue weighted by molar-refractivity contribution is -0.0277. The molecule has 0 aromatic heterocycles. The summed E-state index contributed by atoms with van der Waals surface area (Å²) < 4.78 is 10.6. The van der Waals surface area contributed by atoms with E-state index in [1.165, 1.54) is 0 Å². The lowest BCUT2D eigenvalue weighted by Gasteiger charge is -2.31. The molecular weight excluding hydrogens is 280 g/mol. The van der Waals surface area contributed by atoms with E-state index in [0.29, 0.717) is 26.2 Å². The van der Waals surface area contributed by atoms with Gasteiger partial charge in [-0.1, -0.05) is 0 Å². The van der Waals surface area contributed by atoms with Gasteiger partial charge in [-0.15, -0.1) is 0 Å². The van der Waals surface area contributed by atoms with E-state index in [-0.39, 0.29) is 6.10 Å². The minimum Gasteiger partial charge on any atom is -0.465 e. The summed E-state index contributed by atoms with van der Waals surface area (Å²) in [5.74, 6) is 0. The number of carboxylic acid groups (broad SMARTS) is 1. The highest BCUT2D eigenvalue weighted by Crippen LogP contribution is 2.07. The smallest absolute Gasteiger partial charge is 0.409 e. The molecule has 1 saturated heterocycles. The molecule has 21 heavy (non-hydrogen) atoms. The summed E-state index contributed by atoms with van der Waals surface area (Å²) in [5, 5.41) is 18.7. The second-order valence-electron chi connectivity index (χ2n) is 5.48. The molecule has 120 valence electrons. The molecule has 1 aliphatic heterocycles. The summed E-state index contributed by atoms with van der Waals surface area (Å²) >= 11 is 0. The molecule has 9 nitrogen and oxygen atoms in total. The van der Waals surface area contributed by atoms with E-state index in [2.05, 4.69) is 10.4 Å². The molecule has 9 heteroatoms. The molecule has 0 aromatic rings. The van der Waals surface area contributed by atoms with Crippen molar-refractivity contribution in [3.63, 3.8) is 0 Å². The van der Waals surface area contributed by atoms with Gasteiger partial charge in [0.2, 0.25) is 0 Å². The van der Waals surface area contributed by atoms with Gasteiger partial charge in [0, 0.05) is 6.54 Å². The van der Waals surface area contributed by atoms with Gasteiger partial charge in [0.25, 0.3) is 0 Å². The Kier molecular flexibility index (Phi) is 6.22. The summed E-state index contributed by atoms with van der Waals surface area (Å²) in [6, 6.07) is 0. The standard InChI is InChI=1S/C12H22N4O5/c1-12(2,3)21-11(19)13-6-9-7-16(4-5-20-9)15-8-14-10(17)18/h8-9H,4-7H2,1-3H3,(H,13,19)(H,14,15)(H,17,18). The number of carbonyl (C=O) groups excluding carboxylic acids is 1. The Hall–Kier alpha value is -2.03. The molecule has 1 aliphatic rings. The normalized spacial score (nSPS) is 19.4. The van der Waals surface area contributed by atoms with E-state index >= 15 is 0 Å². The van der Waals surface area contributed by atoms with Crippen LogP contribution in [-0.2, 0) is 9.47 Å². The number of hydrogen-bond donors (Lipinski definition) is 3. The first kappa shape index (κ1) is 17.0. The third kappa shape index (κ3) is 7.98. The highest BCUT2D eigenvalue weighted by Gasteiger charge is 2.21. The third-order valence-corrected chi connectivity index (χ3v) is 2.40. The number of amides is 2. The summed E-state index contributed by atoms with van der Waals surface area (Å²) in [7, 11) is 0. The van der Waals surface area contributed by atoms with Crippen LogP contribution in [0.5, 0.6) is 0 Å². The number of ether oxygens (including phenoxy) is 2. The van der Waals surface area contributed by atoms with E-state index in [1.54, 1.807) is 25.8 Å². The highest BCUT2D eigenvalue weighted by atomic mass is 16.6. The Balaban J connectivity index is 2.31. The maximum absolute atomic E-state index is 11.5. The average Bonchev–Trinajstić information content (AvgIpc) is 2.34. The van der Waals surface area contributed by atoms with Crippen LogP contribution in [0.25, 0.3) is 0 Å². The number of carbonyl (C=O) groups is 2. The fourth-order valence-corrected chi connectivity index (χ4v) is 1.61. The third-order valence-electron chi connectivity index (χ3n) is 2.40. The minimum absolute atomic E-state index is 0.228. The molecule has 0 bridgehead atoms. The van der Waals surface area contributed by atoms with Crippen molar-refractivity contribution < 1.29 is 24.2 Å². The first-order valence-corrected chi connectivity index (χ1v) is 6.61. The lowest BCUT2D eigenvalue weighted by Crippen LogP contribution is -2.46. The molecule has 1 rings (SSSR count). The van der Waals surface area contributed by atoms with Crippen LogP contribution in [0.3, 0.4) is 0 Å². The van der Waals surface area contributed by atoms with Crippen molar-refractivity contribution in [1.82, 2.24) is 15.6 Å². The lowest BCUT2D eigenvalue weighted by atomic mass is 10.2. The Labute approximate surface area is 123 Å². The number of hydrazone groups is 1. The molecule has 0 saturated carbocycles. The van der Waals surface area contributed by atoms with Crippen LogP contribution in [0.2, 0.25) is 0 Å². The number of hydrogen-bond acceptors (Lipinski definition) is 6.